The van der Waals surface area contributed by atoms with E-state index in [1.54, 1.807) is 19.3 Å². The number of nitrogens with one attached hydrogen (secondary N) is 1. The van der Waals surface area contributed by atoms with Gasteiger partial charge in [-0.1, -0.05) is 5.16 Å². The molecule has 0 aliphatic carbocycles. The van der Waals surface area contributed by atoms with Crippen LogP contribution >= 0.6 is 0 Å². The SMILES string of the molecule is Cc1cnc(C(=O)NCc2cnoc2C)cn1. The van der Waals surface area contributed by atoms with E-state index in [9.17, 15) is 4.79 Å². The first kappa shape index (κ1) is 11.3. The van der Waals surface area contributed by atoms with Crippen molar-refractivity contribution in [3.8, 4) is 0 Å². The first-order valence-electron chi connectivity index (χ1n) is 5.14. The molecule has 0 aliphatic rings. The smallest absolute Gasteiger partial charge is 0.271 e. The van der Waals surface area contributed by atoms with Gasteiger partial charge in [-0.05, 0) is 13.8 Å². The number of carbonyl (C=O) groups is 1. The van der Waals surface area contributed by atoms with Crippen LogP contribution in [0, 0.1) is 13.8 Å². The fourth-order valence-corrected chi connectivity index (χ4v) is 1.26. The summed E-state index contributed by atoms with van der Waals surface area (Å²) in [6.07, 6.45) is 4.58. The minimum absolute atomic E-state index is 0.266. The van der Waals surface area contributed by atoms with Crippen LogP contribution in [-0.4, -0.2) is 21.0 Å². The normalized spacial score (nSPS) is 10.2. The Morgan fingerprint density at radius 3 is 2.71 bits per heavy atom. The molecule has 1 N–H and O–H groups in total. The van der Waals surface area contributed by atoms with Crippen LogP contribution in [0.15, 0.2) is 23.1 Å². The maximum atomic E-state index is 11.7. The van der Waals surface area contributed by atoms with Gasteiger partial charge in [0.1, 0.15) is 11.5 Å². The number of rotatable bonds is 3. The van der Waals surface area contributed by atoms with Crippen LogP contribution in [0.4, 0.5) is 0 Å². The highest BCUT2D eigenvalue weighted by molar-refractivity contribution is 5.91. The highest BCUT2D eigenvalue weighted by Gasteiger charge is 2.09. The lowest BCUT2D eigenvalue weighted by molar-refractivity contribution is 0.0945. The third-order valence-corrected chi connectivity index (χ3v) is 2.30. The van der Waals surface area contributed by atoms with Crippen LogP contribution in [0.3, 0.4) is 0 Å². The van der Waals surface area contributed by atoms with Gasteiger partial charge in [-0.15, -0.1) is 0 Å². The minimum atomic E-state index is -0.266. The lowest BCUT2D eigenvalue weighted by Gasteiger charge is -2.02. The highest BCUT2D eigenvalue weighted by Crippen LogP contribution is 2.05. The number of aryl methyl sites for hydroxylation is 2. The van der Waals surface area contributed by atoms with Crippen LogP contribution < -0.4 is 5.32 Å². The maximum absolute atomic E-state index is 11.7. The van der Waals surface area contributed by atoms with E-state index in [0.717, 1.165) is 11.3 Å². The summed E-state index contributed by atoms with van der Waals surface area (Å²) in [6.45, 7) is 3.97. The zero-order chi connectivity index (χ0) is 12.3. The number of hydrogen-bond acceptors (Lipinski definition) is 5. The molecule has 2 heterocycles. The lowest BCUT2D eigenvalue weighted by Crippen LogP contribution is -2.24. The van der Waals surface area contributed by atoms with Gasteiger partial charge in [-0.25, -0.2) is 4.98 Å². The van der Waals surface area contributed by atoms with Gasteiger partial charge in [0, 0.05) is 18.3 Å². The molecule has 0 spiro atoms. The van der Waals surface area contributed by atoms with Gasteiger partial charge in [-0.2, -0.15) is 0 Å². The maximum Gasteiger partial charge on any atom is 0.271 e. The average Bonchev–Trinajstić information content (AvgIpc) is 2.73. The number of carbonyl (C=O) groups excluding carboxylic acids is 1. The molecule has 6 heteroatoms. The zero-order valence-electron chi connectivity index (χ0n) is 9.60. The monoisotopic (exact) mass is 232 g/mol. The summed E-state index contributed by atoms with van der Waals surface area (Å²) >= 11 is 0. The molecule has 0 aromatic carbocycles. The molecule has 2 rings (SSSR count). The Hall–Kier alpha value is -2.24. The average molecular weight is 232 g/mol. The van der Waals surface area contributed by atoms with Gasteiger partial charge in [0.05, 0.1) is 18.1 Å². The fraction of sp³-hybridized carbons (Fsp3) is 0.273. The van der Waals surface area contributed by atoms with Crippen molar-refractivity contribution in [2.75, 3.05) is 0 Å². The van der Waals surface area contributed by atoms with Crippen molar-refractivity contribution in [2.24, 2.45) is 0 Å². The van der Waals surface area contributed by atoms with Crippen molar-refractivity contribution >= 4 is 5.91 Å². The number of nitrogens with zero attached hydrogens (tertiary/aromatic N) is 3. The van der Waals surface area contributed by atoms with E-state index >= 15 is 0 Å². The molecule has 2 aromatic heterocycles. The molecule has 6 nitrogen and oxygen atoms in total. The second kappa shape index (κ2) is 4.73. The molecule has 0 unspecified atom stereocenters. The van der Waals surface area contributed by atoms with Crippen LogP contribution in [0.2, 0.25) is 0 Å². The summed E-state index contributed by atoms with van der Waals surface area (Å²) in [5.74, 6) is 0.429. The largest absolute Gasteiger partial charge is 0.361 e. The second-order valence-electron chi connectivity index (χ2n) is 3.63. The quantitative estimate of drug-likeness (QED) is 0.854. The van der Waals surface area contributed by atoms with Crippen molar-refractivity contribution < 1.29 is 9.32 Å². The van der Waals surface area contributed by atoms with E-state index in [1.807, 2.05) is 6.92 Å². The van der Waals surface area contributed by atoms with Gasteiger partial charge in [0.25, 0.3) is 5.91 Å². The van der Waals surface area contributed by atoms with E-state index in [4.69, 9.17) is 4.52 Å². The Labute approximate surface area is 98.1 Å². The molecule has 0 saturated heterocycles. The molecule has 0 bridgehead atoms. The standard InChI is InChI=1S/C11H12N4O2/c1-7-3-13-10(6-12-7)11(16)14-4-9-5-15-17-8(9)2/h3,5-6H,4H2,1-2H3,(H,14,16). The topological polar surface area (TPSA) is 80.9 Å². The highest BCUT2D eigenvalue weighted by atomic mass is 16.5. The molecular formula is C11H12N4O2. The number of aromatic nitrogens is 3. The predicted molar refractivity (Wildman–Crippen MR) is 59.2 cm³/mol. The van der Waals surface area contributed by atoms with Crippen molar-refractivity contribution in [3.05, 3.63) is 41.3 Å². The van der Waals surface area contributed by atoms with Crippen LogP contribution in [0.5, 0.6) is 0 Å². The summed E-state index contributed by atoms with van der Waals surface area (Å²) in [6, 6.07) is 0. The van der Waals surface area contributed by atoms with Crippen LogP contribution in [-0.2, 0) is 6.54 Å². The van der Waals surface area contributed by atoms with Crippen molar-refractivity contribution in [2.45, 2.75) is 20.4 Å². The molecule has 2 aromatic rings. The van der Waals surface area contributed by atoms with Crippen LogP contribution in [0.1, 0.15) is 27.5 Å². The van der Waals surface area contributed by atoms with Crippen molar-refractivity contribution in [1.82, 2.24) is 20.4 Å². The third kappa shape index (κ3) is 2.66. The molecule has 1 amide bonds. The molecule has 17 heavy (non-hydrogen) atoms. The Bertz CT molecular complexity index is 519. The summed E-state index contributed by atoms with van der Waals surface area (Å²) in [4.78, 5) is 19.7. The zero-order valence-corrected chi connectivity index (χ0v) is 9.60. The Kier molecular flexibility index (Phi) is 3.13. The van der Waals surface area contributed by atoms with Gasteiger partial charge >= 0.3 is 0 Å². The van der Waals surface area contributed by atoms with E-state index in [-0.39, 0.29) is 5.91 Å². The van der Waals surface area contributed by atoms with E-state index in [0.29, 0.717) is 18.0 Å². The molecule has 0 radical (unpaired) electrons. The van der Waals surface area contributed by atoms with E-state index in [1.165, 1.54) is 6.20 Å². The van der Waals surface area contributed by atoms with E-state index < -0.39 is 0 Å². The van der Waals surface area contributed by atoms with E-state index in [2.05, 4.69) is 20.4 Å². The fourth-order valence-electron chi connectivity index (χ4n) is 1.26. The number of amides is 1. The predicted octanol–water partition coefficient (Wildman–Crippen LogP) is 1.01. The summed E-state index contributed by atoms with van der Waals surface area (Å²) in [5.41, 5.74) is 1.92. The van der Waals surface area contributed by atoms with Crippen LogP contribution in [0.25, 0.3) is 0 Å². The Morgan fingerprint density at radius 1 is 1.29 bits per heavy atom. The first-order valence-corrected chi connectivity index (χ1v) is 5.14. The molecular weight excluding hydrogens is 220 g/mol. The molecule has 0 fully saturated rings. The van der Waals surface area contributed by atoms with Gasteiger partial charge < -0.3 is 9.84 Å². The summed E-state index contributed by atoms with van der Waals surface area (Å²) in [5, 5.41) is 6.35. The summed E-state index contributed by atoms with van der Waals surface area (Å²) < 4.78 is 4.89. The minimum Gasteiger partial charge on any atom is -0.361 e. The lowest BCUT2D eigenvalue weighted by atomic mass is 10.2. The third-order valence-electron chi connectivity index (χ3n) is 2.30. The second-order valence-corrected chi connectivity index (χ2v) is 3.63. The van der Waals surface area contributed by atoms with Crippen molar-refractivity contribution in [1.29, 1.82) is 0 Å². The van der Waals surface area contributed by atoms with Gasteiger partial charge in [0.15, 0.2) is 0 Å². The Morgan fingerprint density at radius 2 is 2.12 bits per heavy atom. The summed E-state index contributed by atoms with van der Waals surface area (Å²) in [7, 11) is 0. The first-order chi connectivity index (χ1) is 8.16. The number of hydrogen-bond donors (Lipinski definition) is 1. The van der Waals surface area contributed by atoms with Crippen molar-refractivity contribution in [3.63, 3.8) is 0 Å². The Balaban J connectivity index is 1.98. The molecule has 0 aliphatic heterocycles. The molecule has 88 valence electrons. The van der Waals surface area contributed by atoms with Gasteiger partial charge in [-0.3, -0.25) is 9.78 Å². The molecule has 0 saturated carbocycles. The van der Waals surface area contributed by atoms with Gasteiger partial charge in [0.2, 0.25) is 0 Å². The molecule has 0 atom stereocenters.